The van der Waals surface area contributed by atoms with Crippen LogP contribution in [0.25, 0.3) is 0 Å². The number of likely N-dealkylation sites (tertiary alicyclic amines) is 1. The number of nitrogens with one attached hydrogen (secondary N) is 2. The Morgan fingerprint density at radius 2 is 1.90 bits per heavy atom. The molecule has 1 unspecified atom stereocenters. The highest BCUT2D eigenvalue weighted by atomic mass is 16.5. The topological polar surface area (TPSA) is 87.8 Å². The normalized spacial score (nSPS) is 21.7. The van der Waals surface area contributed by atoms with Crippen LogP contribution in [-0.4, -0.2) is 59.8 Å². The summed E-state index contributed by atoms with van der Waals surface area (Å²) < 4.78 is 10.9. The van der Waals surface area contributed by atoms with Crippen LogP contribution >= 0.6 is 0 Å². The van der Waals surface area contributed by atoms with E-state index in [-0.39, 0.29) is 11.6 Å². The van der Waals surface area contributed by atoms with Crippen LogP contribution in [0, 0.1) is 0 Å². The highest BCUT2D eigenvalue weighted by Gasteiger charge is 2.38. The number of rotatable bonds is 8. The average Bonchev–Trinajstić information content (AvgIpc) is 3.24. The first-order valence-corrected chi connectivity index (χ1v) is 11.3. The van der Waals surface area contributed by atoms with Crippen LogP contribution in [0.1, 0.15) is 83.0 Å². The summed E-state index contributed by atoms with van der Waals surface area (Å²) in [6.45, 7) is 8.35. The summed E-state index contributed by atoms with van der Waals surface area (Å²) in [7, 11) is 1.81. The zero-order valence-corrected chi connectivity index (χ0v) is 18.4. The second kappa shape index (κ2) is 10.9. The molecule has 0 bridgehead atoms. The fraction of sp³-hybridized carbons (Fsp3) is 0.857. The highest BCUT2D eigenvalue weighted by molar-refractivity contribution is 5.79. The van der Waals surface area contributed by atoms with Crippen molar-refractivity contribution in [3.63, 3.8) is 0 Å². The molecule has 0 spiro atoms. The van der Waals surface area contributed by atoms with Gasteiger partial charge in [0.25, 0.3) is 0 Å². The standard InChI is InChI=1S/C21H38N6O2/c1-4-28-17(2)19-25-18(29-26-19)15-23-20(22-3)24-16-21(11-7-5-8-12-21)27-13-9-6-10-14-27/h17H,4-16H2,1-3H3,(H2,22,23,24). The third-order valence-corrected chi connectivity index (χ3v) is 6.29. The van der Waals surface area contributed by atoms with Gasteiger partial charge in [-0.1, -0.05) is 30.8 Å². The predicted octanol–water partition coefficient (Wildman–Crippen LogP) is 3.02. The van der Waals surface area contributed by atoms with E-state index in [1.807, 2.05) is 13.8 Å². The lowest BCUT2D eigenvalue weighted by Crippen LogP contribution is -2.59. The molecule has 3 rings (SSSR count). The molecule has 2 aliphatic rings. The Balaban J connectivity index is 1.53. The molecule has 164 valence electrons. The molecule has 2 heterocycles. The molecule has 1 saturated carbocycles. The third kappa shape index (κ3) is 5.92. The minimum absolute atomic E-state index is 0.161. The number of hydrogen-bond acceptors (Lipinski definition) is 6. The molecule has 1 saturated heterocycles. The quantitative estimate of drug-likeness (QED) is 0.507. The van der Waals surface area contributed by atoms with E-state index in [0.717, 1.165) is 12.5 Å². The Hall–Kier alpha value is -1.67. The lowest BCUT2D eigenvalue weighted by molar-refractivity contribution is 0.0368. The fourth-order valence-corrected chi connectivity index (χ4v) is 4.64. The number of guanidine groups is 1. The van der Waals surface area contributed by atoms with Crippen molar-refractivity contribution in [1.29, 1.82) is 0 Å². The first-order valence-electron chi connectivity index (χ1n) is 11.3. The average molecular weight is 407 g/mol. The SMILES string of the molecule is CCOC(C)c1noc(CNC(=NC)NCC2(N3CCCCC3)CCCCC2)n1. The summed E-state index contributed by atoms with van der Waals surface area (Å²) >= 11 is 0. The molecule has 2 N–H and O–H groups in total. The van der Waals surface area contributed by atoms with Crippen LogP contribution in [0.2, 0.25) is 0 Å². The summed E-state index contributed by atoms with van der Waals surface area (Å²) in [5.74, 6) is 1.90. The van der Waals surface area contributed by atoms with Crippen molar-refractivity contribution in [2.45, 2.75) is 83.4 Å². The van der Waals surface area contributed by atoms with Crippen molar-refractivity contribution in [1.82, 2.24) is 25.7 Å². The van der Waals surface area contributed by atoms with Crippen molar-refractivity contribution < 1.29 is 9.26 Å². The van der Waals surface area contributed by atoms with E-state index >= 15 is 0 Å². The van der Waals surface area contributed by atoms with Gasteiger partial charge in [-0.15, -0.1) is 0 Å². The Morgan fingerprint density at radius 3 is 2.59 bits per heavy atom. The van der Waals surface area contributed by atoms with Gasteiger partial charge in [0.15, 0.2) is 11.8 Å². The molecule has 29 heavy (non-hydrogen) atoms. The van der Waals surface area contributed by atoms with Crippen molar-refractivity contribution in [3.8, 4) is 0 Å². The molecule has 1 aliphatic heterocycles. The Labute approximate surface area is 174 Å². The van der Waals surface area contributed by atoms with E-state index in [4.69, 9.17) is 9.26 Å². The second-order valence-electron chi connectivity index (χ2n) is 8.26. The van der Waals surface area contributed by atoms with Crippen LogP contribution in [0.3, 0.4) is 0 Å². The molecule has 0 amide bonds. The van der Waals surface area contributed by atoms with E-state index < -0.39 is 0 Å². The van der Waals surface area contributed by atoms with E-state index in [9.17, 15) is 0 Å². The first kappa shape index (κ1) is 22.0. The molecule has 0 radical (unpaired) electrons. The number of piperidine rings is 1. The van der Waals surface area contributed by atoms with Crippen LogP contribution in [0.4, 0.5) is 0 Å². The zero-order chi connectivity index (χ0) is 20.5. The Morgan fingerprint density at radius 1 is 1.17 bits per heavy atom. The lowest BCUT2D eigenvalue weighted by atomic mass is 9.79. The monoisotopic (exact) mass is 406 g/mol. The van der Waals surface area contributed by atoms with E-state index in [1.54, 1.807) is 7.05 Å². The summed E-state index contributed by atoms with van der Waals surface area (Å²) in [6, 6.07) is 0. The molecular formula is C21H38N6O2. The van der Waals surface area contributed by atoms with Gasteiger partial charge in [0, 0.05) is 25.7 Å². The predicted molar refractivity (Wildman–Crippen MR) is 114 cm³/mol. The van der Waals surface area contributed by atoms with Gasteiger partial charge in [0.1, 0.15) is 6.10 Å². The molecule has 8 heteroatoms. The van der Waals surface area contributed by atoms with Gasteiger partial charge in [-0.25, -0.2) is 0 Å². The van der Waals surface area contributed by atoms with Gasteiger partial charge in [-0.3, -0.25) is 9.89 Å². The van der Waals surface area contributed by atoms with E-state index in [0.29, 0.717) is 24.9 Å². The van der Waals surface area contributed by atoms with Gasteiger partial charge in [0.2, 0.25) is 5.89 Å². The number of aromatic nitrogens is 2. The number of ether oxygens (including phenoxy) is 1. The highest BCUT2D eigenvalue weighted by Crippen LogP contribution is 2.35. The molecule has 1 aliphatic carbocycles. The Bertz CT molecular complexity index is 635. The lowest BCUT2D eigenvalue weighted by Gasteiger charge is -2.48. The molecular weight excluding hydrogens is 368 g/mol. The number of aliphatic imine (C=N–C) groups is 1. The smallest absolute Gasteiger partial charge is 0.246 e. The molecule has 2 fully saturated rings. The first-order chi connectivity index (χ1) is 14.2. The Kier molecular flexibility index (Phi) is 8.29. The maximum Gasteiger partial charge on any atom is 0.246 e. The summed E-state index contributed by atoms with van der Waals surface area (Å²) in [6.07, 6.45) is 10.4. The molecule has 8 nitrogen and oxygen atoms in total. The van der Waals surface area contributed by atoms with Gasteiger partial charge in [0.05, 0.1) is 6.54 Å². The van der Waals surface area contributed by atoms with E-state index in [1.165, 1.54) is 64.5 Å². The van der Waals surface area contributed by atoms with Crippen LogP contribution in [0.5, 0.6) is 0 Å². The van der Waals surface area contributed by atoms with Crippen molar-refractivity contribution >= 4 is 5.96 Å². The summed E-state index contributed by atoms with van der Waals surface area (Å²) in [5, 5.41) is 10.9. The third-order valence-electron chi connectivity index (χ3n) is 6.29. The number of nitrogens with zero attached hydrogens (tertiary/aromatic N) is 4. The van der Waals surface area contributed by atoms with Gasteiger partial charge >= 0.3 is 0 Å². The maximum absolute atomic E-state index is 5.52. The van der Waals surface area contributed by atoms with Crippen molar-refractivity contribution in [2.24, 2.45) is 4.99 Å². The van der Waals surface area contributed by atoms with Crippen LogP contribution in [-0.2, 0) is 11.3 Å². The molecule has 1 atom stereocenters. The van der Waals surface area contributed by atoms with Crippen molar-refractivity contribution in [3.05, 3.63) is 11.7 Å². The van der Waals surface area contributed by atoms with Gasteiger partial charge in [-0.2, -0.15) is 4.98 Å². The second-order valence-corrected chi connectivity index (χ2v) is 8.26. The fourth-order valence-electron chi connectivity index (χ4n) is 4.64. The number of hydrogen-bond donors (Lipinski definition) is 2. The summed E-state index contributed by atoms with van der Waals surface area (Å²) in [4.78, 5) is 11.6. The molecule has 0 aromatic carbocycles. The summed E-state index contributed by atoms with van der Waals surface area (Å²) in [5.41, 5.74) is 0.265. The van der Waals surface area contributed by atoms with Gasteiger partial charge < -0.3 is 19.9 Å². The molecule has 1 aromatic rings. The van der Waals surface area contributed by atoms with Crippen LogP contribution in [0.15, 0.2) is 9.52 Å². The minimum Gasteiger partial charge on any atom is -0.371 e. The van der Waals surface area contributed by atoms with Crippen molar-refractivity contribution in [2.75, 3.05) is 33.3 Å². The zero-order valence-electron chi connectivity index (χ0n) is 18.4. The minimum atomic E-state index is -0.161. The van der Waals surface area contributed by atoms with E-state index in [2.05, 4.69) is 30.7 Å². The molecule has 1 aromatic heterocycles. The maximum atomic E-state index is 5.52. The van der Waals surface area contributed by atoms with Gasteiger partial charge in [-0.05, 0) is 52.6 Å². The largest absolute Gasteiger partial charge is 0.371 e. The van der Waals surface area contributed by atoms with Crippen LogP contribution < -0.4 is 10.6 Å².